The summed E-state index contributed by atoms with van der Waals surface area (Å²) in [6, 6.07) is 41.0. The van der Waals surface area contributed by atoms with Crippen molar-refractivity contribution < 1.29 is 13.9 Å². The SMILES string of the molecule is CCCCc1nc(I)c(C(=O)OCC)n1Cc1c2ccocc-2c(Br)c1-c1ccccc1-c1nnn(C(c2ccccc2)(c2ccccc2)c2ccccc2)n1. The summed E-state index contributed by atoms with van der Waals surface area (Å²) in [4.78, 5) is 20.1. The Morgan fingerprint density at radius 1 is 0.804 bits per heavy atom. The van der Waals surface area contributed by atoms with Crippen LogP contribution in [0.3, 0.4) is 0 Å². The molecule has 0 bridgehead atoms. The maximum atomic E-state index is 13.5. The number of benzene rings is 4. The van der Waals surface area contributed by atoms with E-state index in [0.29, 0.717) is 21.8 Å². The number of aryl methyl sites for hydroxylation is 1. The maximum absolute atomic E-state index is 13.5. The first kappa shape index (κ1) is 37.5. The van der Waals surface area contributed by atoms with Gasteiger partial charge in [0.15, 0.2) is 11.2 Å². The molecular weight excluding hydrogens is 879 g/mol. The minimum atomic E-state index is -0.927. The molecule has 0 saturated carbocycles. The van der Waals surface area contributed by atoms with Gasteiger partial charge in [0.25, 0.3) is 0 Å². The number of tetrazole rings is 1. The third kappa shape index (κ3) is 6.66. The normalized spacial score (nSPS) is 11.6. The molecule has 0 fully saturated rings. The van der Waals surface area contributed by atoms with E-state index in [4.69, 9.17) is 29.5 Å². The average Bonchev–Trinajstić information content (AvgIpc) is 3.93. The van der Waals surface area contributed by atoms with Crippen LogP contribution in [0.2, 0.25) is 0 Å². The first-order chi connectivity index (χ1) is 27.5. The van der Waals surface area contributed by atoms with Crippen LogP contribution >= 0.6 is 38.5 Å². The van der Waals surface area contributed by atoms with Gasteiger partial charge >= 0.3 is 5.97 Å². The summed E-state index contributed by atoms with van der Waals surface area (Å²) < 4.78 is 14.8. The Hall–Kier alpha value is -5.40. The molecule has 2 aliphatic rings. The van der Waals surface area contributed by atoms with Crippen molar-refractivity contribution in [1.82, 2.24) is 29.8 Å². The Balaban J connectivity index is 1.33. The smallest absolute Gasteiger partial charge is 0.357 e. The second-order valence-electron chi connectivity index (χ2n) is 13.4. The number of ether oxygens (including phenoxy) is 1. The fourth-order valence-electron chi connectivity index (χ4n) is 7.61. The fraction of sp³-hybridized carbons (Fsp3) is 0.178. The lowest BCUT2D eigenvalue weighted by Crippen LogP contribution is -2.39. The van der Waals surface area contributed by atoms with Gasteiger partial charge in [-0.2, -0.15) is 0 Å². The fourth-order valence-corrected chi connectivity index (χ4v) is 9.16. The van der Waals surface area contributed by atoms with Crippen LogP contribution in [0.25, 0.3) is 33.6 Å². The van der Waals surface area contributed by atoms with E-state index in [2.05, 4.69) is 87.9 Å². The summed E-state index contributed by atoms with van der Waals surface area (Å²) in [7, 11) is 0. The highest BCUT2D eigenvalue weighted by molar-refractivity contribution is 14.1. The Kier molecular flexibility index (Phi) is 11.0. The average molecular weight is 918 g/mol. The van der Waals surface area contributed by atoms with Gasteiger partial charge in [0.1, 0.15) is 9.53 Å². The summed E-state index contributed by atoms with van der Waals surface area (Å²) in [6.07, 6.45) is 6.09. The van der Waals surface area contributed by atoms with Crippen molar-refractivity contribution >= 4 is 44.5 Å². The topological polar surface area (TPSA) is 101 Å². The van der Waals surface area contributed by atoms with Crippen LogP contribution in [0, 0.1) is 3.70 Å². The number of halogens is 2. The number of aromatic nitrogens is 6. The lowest BCUT2D eigenvalue weighted by molar-refractivity contribution is 0.0512. The monoisotopic (exact) mass is 916 g/mol. The van der Waals surface area contributed by atoms with Crippen LogP contribution in [0.5, 0.6) is 0 Å². The summed E-state index contributed by atoms with van der Waals surface area (Å²) in [5, 5.41) is 14.9. The van der Waals surface area contributed by atoms with Crippen molar-refractivity contribution in [3.05, 3.63) is 176 Å². The molecule has 8 rings (SSSR count). The van der Waals surface area contributed by atoms with Gasteiger partial charge in [-0.15, -0.1) is 15.0 Å². The Labute approximate surface area is 347 Å². The van der Waals surface area contributed by atoms with Crippen LogP contribution in [-0.2, 0) is 23.2 Å². The van der Waals surface area contributed by atoms with Crippen LogP contribution in [0.1, 0.15) is 65.3 Å². The van der Waals surface area contributed by atoms with Crippen LogP contribution in [-0.4, -0.2) is 42.3 Å². The van der Waals surface area contributed by atoms with Crippen molar-refractivity contribution in [2.24, 2.45) is 0 Å². The number of nitrogens with zero attached hydrogens (tertiary/aromatic N) is 6. The molecule has 2 aromatic heterocycles. The van der Waals surface area contributed by atoms with E-state index in [1.165, 1.54) is 0 Å². The molecule has 4 aromatic carbocycles. The molecule has 0 spiro atoms. The highest BCUT2D eigenvalue weighted by Crippen LogP contribution is 2.49. The molecule has 0 N–H and O–H groups in total. The van der Waals surface area contributed by atoms with Crippen LogP contribution in [0.15, 0.2) is 143 Å². The van der Waals surface area contributed by atoms with E-state index in [0.717, 1.165) is 79.6 Å². The van der Waals surface area contributed by atoms with Crippen molar-refractivity contribution in [1.29, 1.82) is 0 Å². The number of esters is 1. The van der Waals surface area contributed by atoms with Gasteiger partial charge in [0, 0.05) is 27.6 Å². The molecule has 11 heteroatoms. The van der Waals surface area contributed by atoms with E-state index in [1.807, 2.05) is 90.4 Å². The zero-order chi connectivity index (χ0) is 38.6. The molecule has 1 aliphatic carbocycles. The zero-order valence-corrected chi connectivity index (χ0v) is 34.6. The first-order valence-corrected chi connectivity index (χ1v) is 20.5. The van der Waals surface area contributed by atoms with E-state index >= 15 is 0 Å². The second kappa shape index (κ2) is 16.4. The number of fused-ring (bicyclic) bond motifs is 1. The summed E-state index contributed by atoms with van der Waals surface area (Å²) in [6.45, 7) is 4.61. The van der Waals surface area contributed by atoms with Gasteiger partial charge in [-0.05, 0) is 96.5 Å². The van der Waals surface area contributed by atoms with Gasteiger partial charge < -0.3 is 13.7 Å². The number of unbranched alkanes of at least 4 members (excludes halogenated alkanes) is 1. The standard InChI is InChI=1S/C45H38BrIN6O3/c1-3-5-25-38-48-42(47)41(44(54)56-4-2)52(38)28-36-33-26-27-55-29-37(33)40(46)39(36)34-23-15-16-24-35(34)43-49-51-53(50-43)45(30-17-9-6-10-18-30,31-19-11-7-12-20-31)32-21-13-8-14-22-32/h6-24,26-27,29H,3-5,25,28H2,1-2H3. The minimum absolute atomic E-state index is 0.267. The number of hydrogen-bond donors (Lipinski definition) is 0. The number of rotatable bonds is 13. The quantitative estimate of drug-likeness (QED) is 0.0645. The van der Waals surface area contributed by atoms with E-state index in [1.54, 1.807) is 17.3 Å². The second-order valence-corrected chi connectivity index (χ2v) is 15.2. The molecular formula is C45H38BrIN6O3. The van der Waals surface area contributed by atoms with Crippen molar-refractivity contribution in [3.63, 3.8) is 0 Å². The molecule has 9 nitrogen and oxygen atoms in total. The molecule has 0 radical (unpaired) electrons. The third-order valence-electron chi connectivity index (χ3n) is 10.1. The van der Waals surface area contributed by atoms with Gasteiger partial charge in [0.05, 0.1) is 25.7 Å². The van der Waals surface area contributed by atoms with Crippen LogP contribution in [0.4, 0.5) is 0 Å². The highest BCUT2D eigenvalue weighted by atomic mass is 127. The lowest BCUT2D eigenvalue weighted by Gasteiger charge is -2.34. The largest absolute Gasteiger partial charge is 0.472 e. The molecule has 0 unspecified atom stereocenters. The number of carbonyl (C=O) groups is 1. The van der Waals surface area contributed by atoms with E-state index in [9.17, 15) is 4.79 Å². The zero-order valence-electron chi connectivity index (χ0n) is 30.9. The molecule has 6 aromatic rings. The predicted molar refractivity (Wildman–Crippen MR) is 228 cm³/mol. The highest BCUT2D eigenvalue weighted by Gasteiger charge is 2.41. The minimum Gasteiger partial charge on any atom is -0.472 e. The molecule has 0 amide bonds. The number of imidazole rings is 1. The van der Waals surface area contributed by atoms with Gasteiger partial charge in [-0.3, -0.25) is 0 Å². The molecule has 56 heavy (non-hydrogen) atoms. The number of carbonyl (C=O) groups excluding carboxylic acids is 1. The van der Waals surface area contributed by atoms with Crippen molar-refractivity contribution in [2.45, 2.75) is 45.2 Å². The van der Waals surface area contributed by atoms with E-state index < -0.39 is 11.5 Å². The summed E-state index contributed by atoms with van der Waals surface area (Å²) in [5.41, 5.74) is 8.04. The van der Waals surface area contributed by atoms with Crippen molar-refractivity contribution in [2.75, 3.05) is 6.61 Å². The van der Waals surface area contributed by atoms with E-state index in [-0.39, 0.29) is 6.61 Å². The Morgan fingerprint density at radius 2 is 1.41 bits per heavy atom. The van der Waals surface area contributed by atoms with Gasteiger partial charge in [-0.1, -0.05) is 129 Å². The molecule has 0 atom stereocenters. The molecule has 3 heterocycles. The number of hydrogen-bond acceptors (Lipinski definition) is 7. The predicted octanol–water partition coefficient (Wildman–Crippen LogP) is 10.7. The van der Waals surface area contributed by atoms with Gasteiger partial charge in [0.2, 0.25) is 5.82 Å². The molecule has 1 aliphatic heterocycles. The maximum Gasteiger partial charge on any atom is 0.357 e. The van der Waals surface area contributed by atoms with Crippen molar-refractivity contribution in [3.8, 4) is 33.6 Å². The Morgan fingerprint density at radius 3 is 2.02 bits per heavy atom. The summed E-state index contributed by atoms with van der Waals surface area (Å²) in [5.74, 6) is 0.917. The first-order valence-electron chi connectivity index (χ1n) is 18.6. The van der Waals surface area contributed by atoms with Crippen LogP contribution < -0.4 is 0 Å². The Bertz CT molecular complexity index is 2470. The summed E-state index contributed by atoms with van der Waals surface area (Å²) >= 11 is 6.14. The van der Waals surface area contributed by atoms with Gasteiger partial charge in [-0.25, -0.2) is 9.78 Å². The lowest BCUT2D eigenvalue weighted by atomic mass is 9.77. The molecule has 0 saturated heterocycles. The molecule has 280 valence electrons. The third-order valence-corrected chi connectivity index (χ3v) is 11.7.